The van der Waals surface area contributed by atoms with Crippen molar-refractivity contribution >= 4 is 40.4 Å². The molecule has 1 aliphatic carbocycles. The van der Waals surface area contributed by atoms with Crippen LogP contribution in [-0.4, -0.2) is 47.0 Å². The van der Waals surface area contributed by atoms with Crippen molar-refractivity contribution < 1.29 is 33.5 Å². The average Bonchev–Trinajstić information content (AvgIpc) is 3.25. The first-order chi connectivity index (χ1) is 19.6. The summed E-state index contributed by atoms with van der Waals surface area (Å²) in [4.78, 5) is 58.8. The maximum Gasteiger partial charge on any atom is 0.363 e. The number of aromatic carboxylic acids is 1. The fraction of sp³-hybridized carbons (Fsp3) is 0.258. The number of carbonyl (C=O) groups excluding carboxylic acids is 3. The van der Waals surface area contributed by atoms with Gasteiger partial charge in [-0.05, 0) is 68.7 Å². The van der Waals surface area contributed by atoms with E-state index in [4.69, 9.17) is 9.25 Å². The Morgan fingerprint density at radius 3 is 2.39 bits per heavy atom. The Bertz CT molecular complexity index is 1770. The van der Waals surface area contributed by atoms with E-state index < -0.39 is 23.8 Å². The number of nitrogens with zero attached hydrogens (tertiary/aromatic N) is 2. The largest absolute Gasteiger partial charge is 0.478 e. The van der Waals surface area contributed by atoms with Crippen LogP contribution in [-0.2, 0) is 14.4 Å². The molecule has 0 saturated carbocycles. The van der Waals surface area contributed by atoms with E-state index >= 15 is 0 Å². The topological polar surface area (TPSA) is 139 Å². The zero-order valence-electron chi connectivity index (χ0n) is 23.2. The number of rotatable bonds is 7. The lowest BCUT2D eigenvalue weighted by Crippen LogP contribution is -2.32. The van der Waals surface area contributed by atoms with Gasteiger partial charge in [0, 0.05) is 60.3 Å². The third-order valence-corrected chi connectivity index (χ3v) is 7.01. The highest BCUT2D eigenvalue weighted by molar-refractivity contribution is 6.09. The maximum atomic E-state index is 12.8. The number of hydroxylamine groups is 2. The molecule has 0 aromatic heterocycles. The highest BCUT2D eigenvalue weighted by atomic mass is 16.7. The van der Waals surface area contributed by atoms with Gasteiger partial charge in [-0.15, -0.1) is 5.06 Å². The van der Waals surface area contributed by atoms with Gasteiger partial charge < -0.3 is 19.7 Å². The van der Waals surface area contributed by atoms with E-state index in [0.29, 0.717) is 51.6 Å². The van der Waals surface area contributed by atoms with Gasteiger partial charge >= 0.3 is 11.9 Å². The molecule has 0 bridgehead atoms. The molecule has 0 unspecified atom stereocenters. The summed E-state index contributed by atoms with van der Waals surface area (Å²) in [7, 11) is 0. The standard InChI is InChI=1S/C31H29N3O7/c1-5-32-23-14-25-21(11-16(23)3)29(22-12-17(4)24(33-6-2)15-26(22)40-25)19-8-7-18(13-20(19)30(37)38)31(39)41-34-27(35)9-10-28(34)36/h7-8,11-15,32H,5-6,9-10H2,1-4H3,(H,37,38). The van der Waals surface area contributed by atoms with Gasteiger partial charge in [0.15, 0.2) is 0 Å². The van der Waals surface area contributed by atoms with Crippen LogP contribution >= 0.6 is 0 Å². The number of carbonyl (C=O) groups is 4. The van der Waals surface area contributed by atoms with E-state index in [9.17, 15) is 24.3 Å². The van der Waals surface area contributed by atoms with Crippen LogP contribution in [0.2, 0.25) is 0 Å². The van der Waals surface area contributed by atoms with Gasteiger partial charge in [0.05, 0.1) is 16.5 Å². The molecule has 2 N–H and O–H groups in total. The van der Waals surface area contributed by atoms with Crippen molar-refractivity contribution in [1.82, 2.24) is 5.06 Å². The van der Waals surface area contributed by atoms with E-state index in [-0.39, 0.29) is 24.0 Å². The normalized spacial score (nSPS) is 13.9. The Hall–Kier alpha value is -4.99. The number of carboxylic acids is 1. The maximum absolute atomic E-state index is 12.8. The van der Waals surface area contributed by atoms with Gasteiger partial charge in [-0.25, -0.2) is 9.59 Å². The Balaban J connectivity index is 1.75. The third-order valence-electron chi connectivity index (χ3n) is 7.01. The van der Waals surface area contributed by atoms with Gasteiger partial charge in [0.2, 0.25) is 0 Å². The minimum atomic E-state index is -1.26. The fourth-order valence-corrected chi connectivity index (χ4v) is 5.06. The SMILES string of the molecule is CCN=c1cc2oc3cc(NCC)c(C)cc3c(-c3ccc(C(=O)ON4C(=O)CCC4=O)cc3C(=O)O)c-2cc1C. The molecule has 1 saturated heterocycles. The molecule has 210 valence electrons. The Morgan fingerprint density at radius 1 is 1.00 bits per heavy atom. The summed E-state index contributed by atoms with van der Waals surface area (Å²) in [5.74, 6) is -2.99. The van der Waals surface area contributed by atoms with Gasteiger partial charge in [0.1, 0.15) is 11.3 Å². The van der Waals surface area contributed by atoms with Crippen molar-refractivity contribution in [1.29, 1.82) is 0 Å². The first-order valence-corrected chi connectivity index (χ1v) is 13.3. The van der Waals surface area contributed by atoms with Crippen molar-refractivity contribution in [2.45, 2.75) is 40.5 Å². The lowest BCUT2D eigenvalue weighted by molar-refractivity contribution is -0.172. The number of anilines is 1. The summed E-state index contributed by atoms with van der Waals surface area (Å²) < 4.78 is 6.36. The van der Waals surface area contributed by atoms with Crippen LogP contribution in [0.3, 0.4) is 0 Å². The van der Waals surface area contributed by atoms with E-state index in [0.717, 1.165) is 22.2 Å². The minimum Gasteiger partial charge on any atom is -0.478 e. The van der Waals surface area contributed by atoms with Gasteiger partial charge in [-0.2, -0.15) is 0 Å². The number of hydrogen-bond donors (Lipinski definition) is 2. The first-order valence-electron chi connectivity index (χ1n) is 13.3. The summed E-state index contributed by atoms with van der Waals surface area (Å²) in [6.45, 7) is 9.12. The predicted molar refractivity (Wildman–Crippen MR) is 151 cm³/mol. The smallest absolute Gasteiger partial charge is 0.363 e. The molecule has 2 aromatic carbocycles. The number of nitrogens with one attached hydrogen (secondary N) is 1. The van der Waals surface area contributed by atoms with E-state index in [1.54, 1.807) is 0 Å². The molecule has 2 aliphatic heterocycles. The molecule has 10 nitrogen and oxygen atoms in total. The Kier molecular flexibility index (Phi) is 7.32. The summed E-state index contributed by atoms with van der Waals surface area (Å²) in [6.07, 6.45) is -0.0988. The molecule has 2 amide bonds. The molecule has 0 atom stereocenters. The molecule has 2 aromatic rings. The van der Waals surface area contributed by atoms with Crippen LogP contribution < -0.4 is 10.7 Å². The molecule has 3 aliphatic rings. The molecule has 0 spiro atoms. The number of imide groups is 1. The van der Waals surface area contributed by atoms with E-state index in [1.807, 2.05) is 52.0 Å². The first kappa shape index (κ1) is 27.6. The summed E-state index contributed by atoms with van der Waals surface area (Å²) in [5.41, 5.74) is 4.69. The van der Waals surface area contributed by atoms with Crippen LogP contribution in [0.25, 0.3) is 33.4 Å². The zero-order chi connectivity index (χ0) is 29.4. The predicted octanol–water partition coefficient (Wildman–Crippen LogP) is 5.09. The highest BCUT2D eigenvalue weighted by Crippen LogP contribution is 2.43. The second-order valence-electron chi connectivity index (χ2n) is 9.81. The number of amides is 2. The summed E-state index contributed by atoms with van der Waals surface area (Å²) in [5, 5.41) is 15.5. The van der Waals surface area contributed by atoms with Gasteiger partial charge in [0.25, 0.3) is 11.8 Å². The summed E-state index contributed by atoms with van der Waals surface area (Å²) in [6, 6.07) is 11.8. The average molecular weight is 556 g/mol. The molecular formula is C31H29N3O7. The molecule has 0 radical (unpaired) electrons. The second-order valence-corrected chi connectivity index (χ2v) is 9.81. The van der Waals surface area contributed by atoms with Crippen LogP contribution in [0.4, 0.5) is 5.69 Å². The highest BCUT2D eigenvalue weighted by Gasteiger charge is 2.33. The van der Waals surface area contributed by atoms with Crippen LogP contribution in [0.5, 0.6) is 0 Å². The molecule has 1 fully saturated rings. The van der Waals surface area contributed by atoms with Crippen molar-refractivity contribution in [2.75, 3.05) is 18.4 Å². The minimum absolute atomic E-state index is 0.0494. The van der Waals surface area contributed by atoms with E-state index in [2.05, 4.69) is 10.3 Å². The van der Waals surface area contributed by atoms with Gasteiger partial charge in [-0.3, -0.25) is 14.6 Å². The molecule has 41 heavy (non-hydrogen) atoms. The molecular weight excluding hydrogens is 526 g/mol. The number of fused-ring (bicyclic) bond motifs is 2. The second kappa shape index (κ2) is 10.9. The van der Waals surface area contributed by atoms with Crippen LogP contribution in [0.1, 0.15) is 58.5 Å². The number of benzene rings is 3. The van der Waals surface area contributed by atoms with Crippen molar-refractivity contribution in [3.8, 4) is 22.5 Å². The quantitative estimate of drug-likeness (QED) is 0.237. The van der Waals surface area contributed by atoms with Crippen molar-refractivity contribution in [3.63, 3.8) is 0 Å². The van der Waals surface area contributed by atoms with Crippen LogP contribution in [0.15, 0.2) is 51.9 Å². The summed E-state index contributed by atoms with van der Waals surface area (Å²) >= 11 is 0. The van der Waals surface area contributed by atoms with Gasteiger partial charge in [-0.1, -0.05) is 6.07 Å². The number of carboxylic acid groups (broad SMARTS) is 1. The van der Waals surface area contributed by atoms with Crippen molar-refractivity contribution in [2.24, 2.45) is 4.99 Å². The Morgan fingerprint density at radius 2 is 1.73 bits per heavy atom. The lowest BCUT2D eigenvalue weighted by Gasteiger charge is -2.20. The van der Waals surface area contributed by atoms with Crippen molar-refractivity contribution in [3.05, 3.63) is 70.1 Å². The molecule has 2 heterocycles. The number of aryl methyl sites for hydroxylation is 2. The molecule has 10 heteroatoms. The third kappa shape index (κ3) is 5.04. The van der Waals surface area contributed by atoms with Crippen LogP contribution in [0, 0.1) is 13.8 Å². The lowest BCUT2D eigenvalue weighted by atomic mass is 9.88. The Labute approximate surface area is 235 Å². The number of hydrogen-bond acceptors (Lipinski definition) is 8. The monoisotopic (exact) mass is 555 g/mol. The fourth-order valence-electron chi connectivity index (χ4n) is 5.06. The zero-order valence-corrected chi connectivity index (χ0v) is 23.2. The molecule has 5 rings (SSSR count). The van der Waals surface area contributed by atoms with E-state index in [1.165, 1.54) is 18.2 Å².